The summed E-state index contributed by atoms with van der Waals surface area (Å²) in [5.41, 5.74) is 2.33. The molecule has 1 saturated carbocycles. The molecule has 0 bridgehead atoms. The molecule has 0 spiro atoms. The molecule has 41 heavy (non-hydrogen) atoms. The lowest BCUT2D eigenvalue weighted by Crippen LogP contribution is -2.59. The molecule has 1 heterocycles. The van der Waals surface area contributed by atoms with Crippen molar-refractivity contribution < 1.29 is 24.0 Å². The Morgan fingerprint density at radius 2 is 1.68 bits per heavy atom. The van der Waals surface area contributed by atoms with Gasteiger partial charge in [-0.2, -0.15) is 0 Å². The number of nitrogens with one attached hydrogen (secondary N) is 4. The zero-order valence-corrected chi connectivity index (χ0v) is 24.0. The van der Waals surface area contributed by atoms with Gasteiger partial charge in [-0.15, -0.1) is 6.58 Å². The van der Waals surface area contributed by atoms with Gasteiger partial charge in [-0.05, 0) is 62.0 Å². The molecule has 4 N–H and O–H groups in total. The number of ketones is 1. The van der Waals surface area contributed by atoms with Gasteiger partial charge in [0.05, 0.1) is 6.04 Å². The van der Waals surface area contributed by atoms with Gasteiger partial charge < -0.3 is 26.2 Å². The van der Waals surface area contributed by atoms with Crippen molar-refractivity contribution in [3.8, 4) is 0 Å². The summed E-state index contributed by atoms with van der Waals surface area (Å²) >= 11 is 0. The zero-order valence-electron chi connectivity index (χ0n) is 24.0. The number of benzene rings is 1. The Morgan fingerprint density at radius 3 is 2.32 bits per heavy atom. The van der Waals surface area contributed by atoms with Gasteiger partial charge in [-0.25, -0.2) is 4.79 Å². The maximum absolute atomic E-state index is 14.1. The monoisotopic (exact) mass is 565 g/mol. The van der Waals surface area contributed by atoms with Gasteiger partial charge in [0.2, 0.25) is 17.6 Å². The van der Waals surface area contributed by atoms with Crippen LogP contribution in [0.1, 0.15) is 69.4 Å². The van der Waals surface area contributed by atoms with E-state index in [4.69, 9.17) is 0 Å². The highest BCUT2D eigenvalue weighted by Crippen LogP contribution is 2.31. The molecular formula is C31H43N5O5. The molecule has 1 aromatic carbocycles. The number of urea groups is 1. The second kappa shape index (κ2) is 14.3. The molecular weight excluding hydrogens is 522 g/mol. The van der Waals surface area contributed by atoms with Crippen LogP contribution in [0.2, 0.25) is 0 Å². The minimum absolute atomic E-state index is 0.105. The van der Waals surface area contributed by atoms with E-state index in [0.717, 1.165) is 25.7 Å². The second-order valence-electron chi connectivity index (χ2n) is 11.4. The maximum Gasteiger partial charge on any atom is 0.315 e. The van der Waals surface area contributed by atoms with E-state index >= 15 is 0 Å². The number of nitrogens with zero attached hydrogens (tertiary/aromatic N) is 1. The van der Waals surface area contributed by atoms with Crippen LogP contribution >= 0.6 is 0 Å². The molecule has 3 aliphatic rings. The lowest BCUT2D eigenvalue weighted by molar-refractivity contribution is -0.143. The average molecular weight is 566 g/mol. The number of Topliss-reactive ketones (excluding diaryl/α,β-unsaturated/α-hetero) is 1. The molecule has 2 aliphatic carbocycles. The normalized spacial score (nSPS) is 20.1. The fraction of sp³-hybridized carbons (Fsp3) is 0.581. The number of rotatable bonds is 12. The summed E-state index contributed by atoms with van der Waals surface area (Å²) < 4.78 is 0. The Morgan fingerprint density at radius 1 is 1.00 bits per heavy atom. The predicted molar refractivity (Wildman–Crippen MR) is 155 cm³/mol. The molecule has 1 aromatic rings. The van der Waals surface area contributed by atoms with E-state index < -0.39 is 35.7 Å². The van der Waals surface area contributed by atoms with Gasteiger partial charge in [0, 0.05) is 19.1 Å². The number of hydrogen-bond donors (Lipinski definition) is 4. The van der Waals surface area contributed by atoms with E-state index in [-0.39, 0.29) is 30.4 Å². The van der Waals surface area contributed by atoms with E-state index in [2.05, 4.69) is 40.0 Å². The number of carbonyl (C=O) groups is 5. The molecule has 10 nitrogen and oxygen atoms in total. The number of likely N-dealkylation sites (tertiary alicyclic amines) is 1. The van der Waals surface area contributed by atoms with Crippen molar-refractivity contribution in [3.63, 3.8) is 0 Å². The summed E-state index contributed by atoms with van der Waals surface area (Å²) in [5, 5.41) is 11.2. The largest absolute Gasteiger partial charge is 0.346 e. The Labute approximate surface area is 242 Å². The molecule has 222 valence electrons. The van der Waals surface area contributed by atoms with Crippen LogP contribution in [0.4, 0.5) is 4.79 Å². The molecule has 2 fully saturated rings. The van der Waals surface area contributed by atoms with Crippen LogP contribution in [-0.4, -0.2) is 71.7 Å². The van der Waals surface area contributed by atoms with Crippen molar-refractivity contribution in [2.24, 2.45) is 5.92 Å². The number of amides is 5. The summed E-state index contributed by atoms with van der Waals surface area (Å²) in [7, 11) is 0. The molecule has 0 aromatic heterocycles. The minimum Gasteiger partial charge on any atom is -0.346 e. The number of hydrogen-bond acceptors (Lipinski definition) is 5. The zero-order chi connectivity index (χ0) is 29.4. The predicted octanol–water partition coefficient (Wildman–Crippen LogP) is 2.16. The fourth-order valence-corrected chi connectivity index (χ4v) is 6.37. The first-order chi connectivity index (χ1) is 19.8. The van der Waals surface area contributed by atoms with E-state index in [1.54, 1.807) is 4.90 Å². The van der Waals surface area contributed by atoms with Crippen LogP contribution in [-0.2, 0) is 32.0 Å². The Kier molecular flexibility index (Phi) is 10.5. The van der Waals surface area contributed by atoms with Crippen LogP contribution in [0.3, 0.4) is 0 Å². The molecule has 10 heteroatoms. The van der Waals surface area contributed by atoms with Crippen molar-refractivity contribution in [2.75, 3.05) is 13.1 Å². The third-order valence-electron chi connectivity index (χ3n) is 8.48. The third kappa shape index (κ3) is 7.54. The first kappa shape index (κ1) is 30.3. The first-order valence-electron chi connectivity index (χ1n) is 15.0. The minimum atomic E-state index is -0.981. The van der Waals surface area contributed by atoms with Crippen molar-refractivity contribution in [3.05, 3.63) is 48.0 Å². The molecule has 5 amide bonds. The van der Waals surface area contributed by atoms with E-state index in [1.165, 1.54) is 17.2 Å². The van der Waals surface area contributed by atoms with E-state index in [1.807, 2.05) is 19.1 Å². The number of fused-ring (bicyclic) bond motifs is 1. The van der Waals surface area contributed by atoms with Gasteiger partial charge in [-0.3, -0.25) is 19.2 Å². The van der Waals surface area contributed by atoms with E-state index in [9.17, 15) is 24.0 Å². The SMILES string of the molecule is C=CCNC(=O)C(=O)C(CCC)NC(=O)[C@@H]1CCCN1C(=O)C(NC(=O)NC1CCCC1)C1Cc2ccccc2C1. The summed E-state index contributed by atoms with van der Waals surface area (Å²) in [5.74, 6) is -2.38. The van der Waals surface area contributed by atoms with Crippen LogP contribution in [0.5, 0.6) is 0 Å². The van der Waals surface area contributed by atoms with Crippen molar-refractivity contribution in [2.45, 2.75) is 95.3 Å². The Balaban J connectivity index is 1.48. The van der Waals surface area contributed by atoms with Gasteiger partial charge in [0.15, 0.2) is 0 Å². The van der Waals surface area contributed by atoms with Crippen molar-refractivity contribution in [1.29, 1.82) is 0 Å². The maximum atomic E-state index is 14.1. The third-order valence-corrected chi connectivity index (χ3v) is 8.48. The summed E-state index contributed by atoms with van der Waals surface area (Å²) in [6.07, 6.45) is 8.77. The standard InChI is InChI=1S/C31H43N5O5/c1-3-10-24(27(37)29(39)32-16-4-2)34-28(38)25-15-9-17-36(25)30(40)26(35-31(41)33-23-13-7-8-14-23)22-18-20-11-5-6-12-21(20)19-22/h4-6,11-12,22-26H,2-3,7-10,13-19H2,1H3,(H,32,39)(H,34,38)(H2,33,35,41)/t24?,25-,26?/m0/s1. The van der Waals surface area contributed by atoms with Gasteiger partial charge >= 0.3 is 6.03 Å². The van der Waals surface area contributed by atoms with Gasteiger partial charge in [0.25, 0.3) is 5.91 Å². The highest BCUT2D eigenvalue weighted by atomic mass is 16.2. The van der Waals surface area contributed by atoms with Crippen molar-refractivity contribution >= 4 is 29.5 Å². The van der Waals surface area contributed by atoms with Crippen LogP contribution in [0.25, 0.3) is 0 Å². The molecule has 1 saturated heterocycles. The van der Waals surface area contributed by atoms with Gasteiger partial charge in [-0.1, -0.05) is 56.5 Å². The molecule has 3 atom stereocenters. The molecule has 2 unspecified atom stereocenters. The number of carbonyl (C=O) groups excluding carboxylic acids is 5. The van der Waals surface area contributed by atoms with Crippen LogP contribution < -0.4 is 21.3 Å². The second-order valence-corrected chi connectivity index (χ2v) is 11.4. The molecule has 1 aliphatic heterocycles. The van der Waals surface area contributed by atoms with Crippen LogP contribution in [0, 0.1) is 5.92 Å². The topological polar surface area (TPSA) is 137 Å². The summed E-state index contributed by atoms with van der Waals surface area (Å²) in [6.45, 7) is 5.93. The lowest BCUT2D eigenvalue weighted by atomic mass is 9.94. The highest BCUT2D eigenvalue weighted by molar-refractivity contribution is 6.38. The van der Waals surface area contributed by atoms with Crippen LogP contribution in [0.15, 0.2) is 36.9 Å². The van der Waals surface area contributed by atoms with Crippen molar-refractivity contribution in [1.82, 2.24) is 26.2 Å². The fourth-order valence-electron chi connectivity index (χ4n) is 6.37. The summed E-state index contributed by atoms with van der Waals surface area (Å²) in [6, 6.07) is 5.25. The first-order valence-corrected chi connectivity index (χ1v) is 15.0. The average Bonchev–Trinajstić information content (AvgIpc) is 3.74. The Hall–Kier alpha value is -3.69. The highest BCUT2D eigenvalue weighted by Gasteiger charge is 2.43. The quantitative estimate of drug-likeness (QED) is 0.227. The van der Waals surface area contributed by atoms with E-state index in [0.29, 0.717) is 45.1 Å². The smallest absolute Gasteiger partial charge is 0.315 e. The van der Waals surface area contributed by atoms with Gasteiger partial charge in [0.1, 0.15) is 12.1 Å². The summed E-state index contributed by atoms with van der Waals surface area (Å²) in [4.78, 5) is 67.2. The molecule has 0 radical (unpaired) electrons. The lowest BCUT2D eigenvalue weighted by Gasteiger charge is -2.32. The Bertz CT molecular complexity index is 1120. The molecule has 4 rings (SSSR count).